The van der Waals surface area contributed by atoms with E-state index in [2.05, 4.69) is 26.6 Å². The highest BCUT2D eigenvalue weighted by atomic mass is 79.9. The van der Waals surface area contributed by atoms with Crippen molar-refractivity contribution in [3.8, 4) is 0 Å². The minimum absolute atomic E-state index is 0.224. The standard InChI is InChI=1S/C12H12BrN3O3/c13-7-5-6(1-2-8(7)14)11(18)15-9-3-4-10(17)16-12(9)19/h1-2,5,9H,3-4,14H2,(H,15,18)(H,16,17,19). The third-order valence-corrected chi connectivity index (χ3v) is 3.49. The molecule has 4 N–H and O–H groups in total. The van der Waals surface area contributed by atoms with E-state index < -0.39 is 11.9 Å². The van der Waals surface area contributed by atoms with Crippen molar-refractivity contribution in [1.82, 2.24) is 10.6 Å². The molecule has 1 unspecified atom stereocenters. The molecule has 1 fully saturated rings. The van der Waals surface area contributed by atoms with Gasteiger partial charge in [0, 0.05) is 22.1 Å². The fourth-order valence-electron chi connectivity index (χ4n) is 1.74. The zero-order valence-corrected chi connectivity index (χ0v) is 11.5. The van der Waals surface area contributed by atoms with Gasteiger partial charge in [0.05, 0.1) is 0 Å². The van der Waals surface area contributed by atoms with Crippen LogP contribution in [-0.4, -0.2) is 23.8 Å². The van der Waals surface area contributed by atoms with Gasteiger partial charge in [-0.05, 0) is 40.5 Å². The molecule has 6 nitrogen and oxygen atoms in total. The molecular weight excluding hydrogens is 314 g/mol. The summed E-state index contributed by atoms with van der Waals surface area (Å²) in [7, 11) is 0. The molecule has 3 amide bonds. The molecule has 0 aliphatic carbocycles. The van der Waals surface area contributed by atoms with E-state index in [9.17, 15) is 14.4 Å². The van der Waals surface area contributed by atoms with Gasteiger partial charge in [0.2, 0.25) is 11.8 Å². The van der Waals surface area contributed by atoms with Crippen molar-refractivity contribution >= 4 is 39.3 Å². The first-order valence-electron chi connectivity index (χ1n) is 5.67. The number of amides is 3. The van der Waals surface area contributed by atoms with Gasteiger partial charge in [0.25, 0.3) is 5.91 Å². The van der Waals surface area contributed by atoms with E-state index in [0.29, 0.717) is 22.1 Å². The second-order valence-corrected chi connectivity index (χ2v) is 5.07. The topological polar surface area (TPSA) is 101 Å². The number of nitrogen functional groups attached to an aromatic ring is 1. The van der Waals surface area contributed by atoms with Gasteiger partial charge in [-0.3, -0.25) is 19.7 Å². The molecule has 1 aromatic rings. The van der Waals surface area contributed by atoms with Crippen molar-refractivity contribution in [2.75, 3.05) is 5.73 Å². The molecule has 19 heavy (non-hydrogen) atoms. The van der Waals surface area contributed by atoms with Crippen molar-refractivity contribution in [3.05, 3.63) is 28.2 Å². The molecule has 1 atom stereocenters. The van der Waals surface area contributed by atoms with Crippen molar-refractivity contribution in [2.24, 2.45) is 0 Å². The number of benzene rings is 1. The van der Waals surface area contributed by atoms with Crippen LogP contribution in [-0.2, 0) is 9.59 Å². The summed E-state index contributed by atoms with van der Waals surface area (Å²) in [5.41, 5.74) is 6.55. The van der Waals surface area contributed by atoms with Gasteiger partial charge < -0.3 is 11.1 Å². The number of hydrogen-bond acceptors (Lipinski definition) is 4. The summed E-state index contributed by atoms with van der Waals surface area (Å²) in [6, 6.07) is 4.07. The van der Waals surface area contributed by atoms with Gasteiger partial charge in [0.1, 0.15) is 6.04 Å². The maximum absolute atomic E-state index is 12.0. The average Bonchev–Trinajstić information content (AvgIpc) is 2.36. The van der Waals surface area contributed by atoms with E-state index in [0.717, 1.165) is 0 Å². The fraction of sp³-hybridized carbons (Fsp3) is 0.250. The van der Waals surface area contributed by atoms with E-state index in [-0.39, 0.29) is 18.2 Å². The second-order valence-electron chi connectivity index (χ2n) is 4.21. The molecule has 0 bridgehead atoms. The van der Waals surface area contributed by atoms with Gasteiger partial charge >= 0.3 is 0 Å². The summed E-state index contributed by atoms with van der Waals surface area (Å²) in [6.45, 7) is 0. The summed E-state index contributed by atoms with van der Waals surface area (Å²) >= 11 is 3.23. The molecule has 0 saturated carbocycles. The predicted molar refractivity (Wildman–Crippen MR) is 72.2 cm³/mol. The molecule has 1 aliphatic rings. The lowest BCUT2D eigenvalue weighted by atomic mass is 10.1. The average molecular weight is 326 g/mol. The normalized spacial score (nSPS) is 18.9. The van der Waals surface area contributed by atoms with Crippen LogP contribution in [0.3, 0.4) is 0 Å². The molecule has 1 heterocycles. The first-order valence-corrected chi connectivity index (χ1v) is 6.46. The minimum atomic E-state index is -0.679. The zero-order valence-electron chi connectivity index (χ0n) is 9.90. The Hall–Kier alpha value is -1.89. The number of anilines is 1. The lowest BCUT2D eigenvalue weighted by Gasteiger charge is -2.21. The number of carbonyl (C=O) groups is 3. The molecule has 0 radical (unpaired) electrons. The maximum Gasteiger partial charge on any atom is 0.251 e. The molecule has 1 aliphatic heterocycles. The lowest BCUT2D eigenvalue weighted by Crippen LogP contribution is -2.52. The number of rotatable bonds is 2. The Morgan fingerprint density at radius 1 is 1.42 bits per heavy atom. The molecule has 1 saturated heterocycles. The highest BCUT2D eigenvalue weighted by Gasteiger charge is 2.28. The van der Waals surface area contributed by atoms with Crippen LogP contribution in [0.1, 0.15) is 23.2 Å². The predicted octanol–water partition coefficient (Wildman–Crippen LogP) is 0.566. The highest BCUT2D eigenvalue weighted by molar-refractivity contribution is 9.10. The molecule has 0 spiro atoms. The number of hydrogen-bond donors (Lipinski definition) is 3. The van der Waals surface area contributed by atoms with Gasteiger partial charge in [-0.1, -0.05) is 0 Å². The second kappa shape index (κ2) is 5.40. The number of halogens is 1. The Bertz CT molecular complexity index is 559. The van der Waals surface area contributed by atoms with Crippen LogP contribution in [0.25, 0.3) is 0 Å². The Labute approximate surface area is 117 Å². The van der Waals surface area contributed by atoms with Gasteiger partial charge in [-0.2, -0.15) is 0 Å². The third kappa shape index (κ3) is 3.11. The molecule has 2 rings (SSSR count). The lowest BCUT2D eigenvalue weighted by molar-refractivity contribution is -0.134. The smallest absolute Gasteiger partial charge is 0.251 e. The SMILES string of the molecule is Nc1ccc(C(=O)NC2CCC(=O)NC2=O)cc1Br. The van der Waals surface area contributed by atoms with Gasteiger partial charge in [-0.25, -0.2) is 0 Å². The number of nitrogens with two attached hydrogens (primary N) is 1. The van der Waals surface area contributed by atoms with E-state index >= 15 is 0 Å². The van der Waals surface area contributed by atoms with Gasteiger partial charge in [-0.15, -0.1) is 0 Å². The van der Waals surface area contributed by atoms with Crippen molar-refractivity contribution in [1.29, 1.82) is 0 Å². The van der Waals surface area contributed by atoms with Crippen LogP contribution in [0.4, 0.5) is 5.69 Å². The summed E-state index contributed by atoms with van der Waals surface area (Å²) in [6.07, 6.45) is 0.536. The van der Waals surface area contributed by atoms with Crippen molar-refractivity contribution < 1.29 is 14.4 Å². The van der Waals surface area contributed by atoms with Crippen LogP contribution in [0.2, 0.25) is 0 Å². The quantitative estimate of drug-likeness (QED) is 0.546. The monoisotopic (exact) mass is 325 g/mol. The largest absolute Gasteiger partial charge is 0.398 e. The summed E-state index contributed by atoms with van der Waals surface area (Å²) in [4.78, 5) is 34.5. The van der Waals surface area contributed by atoms with E-state index in [4.69, 9.17) is 5.73 Å². The first kappa shape index (κ1) is 13.5. The highest BCUT2D eigenvalue weighted by Crippen LogP contribution is 2.20. The zero-order chi connectivity index (χ0) is 14.0. The Morgan fingerprint density at radius 2 is 2.16 bits per heavy atom. The number of nitrogens with one attached hydrogen (secondary N) is 2. The van der Waals surface area contributed by atoms with Crippen LogP contribution < -0.4 is 16.4 Å². The van der Waals surface area contributed by atoms with Crippen molar-refractivity contribution in [3.63, 3.8) is 0 Å². The molecular formula is C12H12BrN3O3. The Balaban J connectivity index is 2.06. The number of imide groups is 1. The van der Waals surface area contributed by atoms with E-state index in [1.807, 2.05) is 0 Å². The van der Waals surface area contributed by atoms with Crippen LogP contribution in [0, 0.1) is 0 Å². The van der Waals surface area contributed by atoms with Crippen LogP contribution in [0.15, 0.2) is 22.7 Å². The third-order valence-electron chi connectivity index (χ3n) is 2.81. The maximum atomic E-state index is 12.0. The Kier molecular flexibility index (Phi) is 3.84. The minimum Gasteiger partial charge on any atom is -0.398 e. The van der Waals surface area contributed by atoms with Crippen molar-refractivity contribution in [2.45, 2.75) is 18.9 Å². The van der Waals surface area contributed by atoms with Gasteiger partial charge in [0.15, 0.2) is 0 Å². The summed E-state index contributed by atoms with van der Waals surface area (Å²) in [5, 5.41) is 4.77. The number of piperidine rings is 1. The fourth-order valence-corrected chi connectivity index (χ4v) is 2.12. The first-order chi connectivity index (χ1) is 8.97. The van der Waals surface area contributed by atoms with Crippen LogP contribution >= 0.6 is 15.9 Å². The molecule has 100 valence electrons. The molecule has 0 aromatic heterocycles. The summed E-state index contributed by atoms with van der Waals surface area (Å²) < 4.78 is 0.614. The van der Waals surface area contributed by atoms with E-state index in [1.165, 1.54) is 0 Å². The number of carbonyl (C=O) groups excluding carboxylic acids is 3. The molecule has 1 aromatic carbocycles. The molecule has 7 heteroatoms. The Morgan fingerprint density at radius 3 is 2.79 bits per heavy atom. The van der Waals surface area contributed by atoms with Crippen LogP contribution in [0.5, 0.6) is 0 Å². The summed E-state index contributed by atoms with van der Waals surface area (Å²) in [5.74, 6) is -1.17. The van der Waals surface area contributed by atoms with E-state index in [1.54, 1.807) is 18.2 Å².